The lowest BCUT2D eigenvalue weighted by atomic mass is 10.3. The number of aliphatic imine (C=N–C) groups is 1. The lowest BCUT2D eigenvalue weighted by Gasteiger charge is -2.08. The van der Waals surface area contributed by atoms with Crippen molar-refractivity contribution in [2.75, 3.05) is 0 Å². The van der Waals surface area contributed by atoms with Gasteiger partial charge in [-0.25, -0.2) is 0 Å². The van der Waals surface area contributed by atoms with Gasteiger partial charge < -0.3 is 9.84 Å². The Kier molecular flexibility index (Phi) is 5.63. The molecule has 0 aliphatic heterocycles. The molecule has 0 fully saturated rings. The number of allylic oxidation sites excluding steroid dienone is 1. The van der Waals surface area contributed by atoms with Crippen molar-refractivity contribution in [1.29, 1.82) is 0 Å². The molecule has 0 bridgehead atoms. The van der Waals surface area contributed by atoms with E-state index in [4.69, 9.17) is 17.0 Å². The molecule has 3 aromatic rings. The van der Waals surface area contributed by atoms with Gasteiger partial charge in [0.25, 0.3) is 5.56 Å². The minimum Gasteiger partial charge on any atom is -0.494 e. The van der Waals surface area contributed by atoms with Crippen LogP contribution < -0.4 is 10.3 Å². The summed E-state index contributed by atoms with van der Waals surface area (Å²) >= 11 is 5.04. The summed E-state index contributed by atoms with van der Waals surface area (Å²) in [5, 5.41) is 10.3. The number of hydrogen-bond acceptors (Lipinski definition) is 5. The van der Waals surface area contributed by atoms with Crippen molar-refractivity contribution in [3.8, 4) is 17.4 Å². The van der Waals surface area contributed by atoms with Crippen LogP contribution in [-0.4, -0.2) is 20.9 Å². The van der Waals surface area contributed by atoms with E-state index in [9.17, 15) is 9.90 Å². The Bertz CT molecular complexity index is 1080. The van der Waals surface area contributed by atoms with E-state index >= 15 is 0 Å². The SMILES string of the molecule is C=CCn1c(O)c(C=Nc2ccc(Oc3ccccc3)cc2)c(=O)[nH]c1=S. The molecule has 1 heterocycles. The molecule has 0 saturated carbocycles. The summed E-state index contributed by atoms with van der Waals surface area (Å²) in [5.74, 6) is 1.15. The van der Waals surface area contributed by atoms with Gasteiger partial charge in [-0.2, -0.15) is 0 Å². The molecule has 3 rings (SSSR count). The Morgan fingerprint density at radius 3 is 2.48 bits per heavy atom. The highest BCUT2D eigenvalue weighted by Gasteiger charge is 2.10. The fraction of sp³-hybridized carbons (Fsp3) is 0.0500. The molecule has 27 heavy (non-hydrogen) atoms. The summed E-state index contributed by atoms with van der Waals surface area (Å²) in [4.78, 5) is 18.8. The van der Waals surface area contributed by atoms with Crippen LogP contribution in [0.5, 0.6) is 17.4 Å². The van der Waals surface area contributed by atoms with Gasteiger partial charge in [0.05, 0.1) is 5.69 Å². The lowest BCUT2D eigenvalue weighted by molar-refractivity contribution is 0.413. The van der Waals surface area contributed by atoms with E-state index in [1.165, 1.54) is 10.8 Å². The number of nitrogens with zero attached hydrogens (tertiary/aromatic N) is 2. The van der Waals surface area contributed by atoms with Crippen LogP contribution in [0.15, 0.2) is 77.0 Å². The van der Waals surface area contributed by atoms with Crippen molar-refractivity contribution in [3.63, 3.8) is 0 Å². The minimum atomic E-state index is -0.509. The Labute approximate surface area is 160 Å². The van der Waals surface area contributed by atoms with E-state index in [1.807, 2.05) is 30.3 Å². The third-order valence-corrected chi connectivity index (χ3v) is 4.00. The number of para-hydroxylation sites is 1. The van der Waals surface area contributed by atoms with Gasteiger partial charge in [0.2, 0.25) is 5.88 Å². The quantitative estimate of drug-likeness (QED) is 0.379. The summed E-state index contributed by atoms with van der Waals surface area (Å²) in [6, 6.07) is 16.5. The molecule has 2 N–H and O–H groups in total. The number of rotatable bonds is 6. The molecule has 0 aliphatic carbocycles. The third-order valence-electron chi connectivity index (χ3n) is 3.68. The van der Waals surface area contributed by atoms with Gasteiger partial charge in [-0.1, -0.05) is 24.3 Å². The number of hydrogen-bond donors (Lipinski definition) is 2. The van der Waals surface area contributed by atoms with Crippen LogP contribution in [0.3, 0.4) is 0 Å². The Hall–Kier alpha value is -3.45. The highest BCUT2D eigenvalue weighted by molar-refractivity contribution is 7.71. The van der Waals surface area contributed by atoms with E-state index < -0.39 is 5.56 Å². The van der Waals surface area contributed by atoms with Crippen LogP contribution in [0.1, 0.15) is 5.56 Å². The molecule has 7 heteroatoms. The van der Waals surface area contributed by atoms with Crippen molar-refractivity contribution < 1.29 is 9.84 Å². The Morgan fingerprint density at radius 2 is 1.81 bits per heavy atom. The first-order valence-corrected chi connectivity index (χ1v) is 8.53. The maximum Gasteiger partial charge on any atom is 0.264 e. The molecule has 6 nitrogen and oxygen atoms in total. The number of benzene rings is 2. The lowest BCUT2D eigenvalue weighted by Crippen LogP contribution is -2.18. The average molecular weight is 379 g/mol. The largest absolute Gasteiger partial charge is 0.494 e. The number of nitrogens with one attached hydrogen (secondary N) is 1. The van der Waals surface area contributed by atoms with Crippen LogP contribution in [0.4, 0.5) is 5.69 Å². The van der Waals surface area contributed by atoms with E-state index in [1.54, 1.807) is 30.3 Å². The molecule has 0 saturated heterocycles. The van der Waals surface area contributed by atoms with Crippen molar-refractivity contribution in [3.05, 3.63) is 87.9 Å². The first-order valence-electron chi connectivity index (χ1n) is 8.12. The van der Waals surface area contributed by atoms with Gasteiger partial charge in [0, 0.05) is 12.8 Å². The van der Waals surface area contributed by atoms with E-state index in [-0.39, 0.29) is 22.8 Å². The predicted molar refractivity (Wildman–Crippen MR) is 108 cm³/mol. The molecule has 0 amide bonds. The van der Waals surface area contributed by atoms with Gasteiger partial charge in [0.1, 0.15) is 17.1 Å². The number of aromatic hydroxyl groups is 1. The van der Waals surface area contributed by atoms with Crippen LogP contribution >= 0.6 is 12.2 Å². The normalized spacial score (nSPS) is 10.8. The first-order chi connectivity index (χ1) is 13.1. The number of aromatic nitrogens is 2. The zero-order valence-corrected chi connectivity index (χ0v) is 15.1. The van der Waals surface area contributed by atoms with Crippen molar-refractivity contribution in [2.45, 2.75) is 6.54 Å². The Balaban J connectivity index is 1.82. The molecule has 0 aliphatic rings. The van der Waals surface area contributed by atoms with Gasteiger partial charge in [0.15, 0.2) is 4.77 Å². The van der Waals surface area contributed by atoms with Crippen LogP contribution in [0.25, 0.3) is 0 Å². The standard InChI is InChI=1S/C20H17N3O3S/c1-2-12-23-19(25)17(18(24)22-20(23)27)13-21-14-8-10-16(11-9-14)26-15-6-4-3-5-7-15/h2-11,13,25H,1,12H2,(H,22,24,27). The monoisotopic (exact) mass is 379 g/mol. The molecule has 0 unspecified atom stereocenters. The van der Waals surface area contributed by atoms with Gasteiger partial charge in [-0.05, 0) is 48.6 Å². The van der Waals surface area contributed by atoms with E-state index in [0.29, 0.717) is 11.4 Å². The molecule has 0 atom stereocenters. The number of ether oxygens (including phenoxy) is 1. The zero-order chi connectivity index (χ0) is 19.2. The molecular weight excluding hydrogens is 362 g/mol. The highest BCUT2D eigenvalue weighted by atomic mass is 32.1. The van der Waals surface area contributed by atoms with Crippen LogP contribution in [0.2, 0.25) is 0 Å². The molecule has 0 radical (unpaired) electrons. The molecule has 136 valence electrons. The summed E-state index contributed by atoms with van der Waals surface area (Å²) in [5.41, 5.74) is 0.118. The second-order valence-corrected chi connectivity index (χ2v) is 5.95. The second kappa shape index (κ2) is 8.29. The number of H-pyrrole nitrogens is 1. The Morgan fingerprint density at radius 1 is 1.15 bits per heavy atom. The molecular formula is C20H17N3O3S. The molecule has 1 aromatic heterocycles. The van der Waals surface area contributed by atoms with Crippen LogP contribution in [0, 0.1) is 4.77 Å². The van der Waals surface area contributed by atoms with Crippen molar-refractivity contribution in [1.82, 2.24) is 9.55 Å². The van der Waals surface area contributed by atoms with E-state index in [2.05, 4.69) is 16.6 Å². The van der Waals surface area contributed by atoms with Gasteiger partial charge in [-0.3, -0.25) is 19.3 Å². The van der Waals surface area contributed by atoms with Crippen molar-refractivity contribution in [2.24, 2.45) is 4.99 Å². The van der Waals surface area contributed by atoms with Crippen molar-refractivity contribution >= 4 is 24.1 Å². The van der Waals surface area contributed by atoms with Gasteiger partial charge in [-0.15, -0.1) is 6.58 Å². The van der Waals surface area contributed by atoms with Gasteiger partial charge >= 0.3 is 0 Å². The third kappa shape index (κ3) is 4.39. The van der Waals surface area contributed by atoms with Crippen LogP contribution in [-0.2, 0) is 6.54 Å². The van der Waals surface area contributed by atoms with E-state index in [0.717, 1.165) is 5.75 Å². The fourth-order valence-corrected chi connectivity index (χ4v) is 2.61. The highest BCUT2D eigenvalue weighted by Crippen LogP contribution is 2.24. The predicted octanol–water partition coefficient (Wildman–Crippen LogP) is 4.34. The maximum absolute atomic E-state index is 12.1. The molecule has 2 aromatic carbocycles. The summed E-state index contributed by atoms with van der Waals surface area (Å²) in [7, 11) is 0. The second-order valence-electron chi connectivity index (χ2n) is 5.56. The molecule has 0 spiro atoms. The summed E-state index contributed by atoms with van der Waals surface area (Å²) < 4.78 is 7.20. The average Bonchev–Trinajstić information content (AvgIpc) is 2.67. The topological polar surface area (TPSA) is 79.6 Å². The number of aromatic amines is 1. The maximum atomic E-state index is 12.1. The first kappa shape index (κ1) is 18.3. The smallest absolute Gasteiger partial charge is 0.264 e. The summed E-state index contributed by atoms with van der Waals surface area (Å²) in [6.07, 6.45) is 2.87. The summed E-state index contributed by atoms with van der Waals surface area (Å²) in [6.45, 7) is 3.88. The fourth-order valence-electron chi connectivity index (χ4n) is 2.35. The zero-order valence-electron chi connectivity index (χ0n) is 14.3. The minimum absolute atomic E-state index is 0.0232.